The number of benzene rings is 12. The molecule has 5 heteroatoms. The number of anilines is 6. The van der Waals surface area contributed by atoms with Gasteiger partial charge in [-0.15, -0.1) is 11.3 Å². The second-order valence-corrected chi connectivity index (χ2v) is 21.8. The van der Waals surface area contributed by atoms with Gasteiger partial charge in [-0.05, 0) is 134 Å². The number of thiophene rings is 1. The SMILES string of the molecule is c1ccc(N(c2cc3c(c4ccccc24)-c2c(cc(N(c4ccccc4)c4cc5ccccc5c5ncccc45)c4c2sc2ccccc24)C32c3ccccc3-c3ccccc32)c2cc3ccccc3c3ncccc23)cc1. The molecule has 0 aliphatic heterocycles. The van der Waals surface area contributed by atoms with Gasteiger partial charge in [0.2, 0.25) is 0 Å². The van der Waals surface area contributed by atoms with Crippen LogP contribution >= 0.6 is 11.3 Å². The van der Waals surface area contributed by atoms with Crippen LogP contribution in [-0.2, 0) is 5.41 Å². The Labute approximate surface area is 454 Å². The van der Waals surface area contributed by atoms with E-state index in [1.807, 2.05) is 23.7 Å². The summed E-state index contributed by atoms with van der Waals surface area (Å²) in [6, 6.07) is 94.5. The van der Waals surface area contributed by atoms with Crippen LogP contribution in [0, 0.1) is 0 Å². The second kappa shape index (κ2) is 16.5. The minimum atomic E-state index is -0.736. The van der Waals surface area contributed by atoms with Crippen molar-refractivity contribution in [1.82, 2.24) is 9.97 Å². The van der Waals surface area contributed by atoms with Crippen molar-refractivity contribution in [3.8, 4) is 22.3 Å². The van der Waals surface area contributed by atoms with Crippen LogP contribution < -0.4 is 9.80 Å². The number of para-hydroxylation sites is 2. The lowest BCUT2D eigenvalue weighted by atomic mass is 9.70. The molecular formula is C73H44N4S. The summed E-state index contributed by atoms with van der Waals surface area (Å²) in [4.78, 5) is 15.3. The van der Waals surface area contributed by atoms with Crippen molar-refractivity contribution in [3.63, 3.8) is 0 Å². The van der Waals surface area contributed by atoms with E-state index in [1.54, 1.807) is 0 Å². The average Bonchev–Trinajstić information content (AvgIpc) is 4.30. The van der Waals surface area contributed by atoms with Crippen LogP contribution in [-0.4, -0.2) is 9.97 Å². The number of hydrogen-bond donors (Lipinski definition) is 0. The maximum absolute atomic E-state index is 5.13. The highest BCUT2D eigenvalue weighted by Gasteiger charge is 2.54. The van der Waals surface area contributed by atoms with Gasteiger partial charge in [0.1, 0.15) is 0 Å². The first kappa shape index (κ1) is 43.3. The highest BCUT2D eigenvalue weighted by molar-refractivity contribution is 7.26. The molecule has 17 rings (SSSR count). The molecule has 1 spiro atoms. The molecule has 0 fully saturated rings. The van der Waals surface area contributed by atoms with E-state index in [0.717, 1.165) is 77.5 Å². The molecule has 4 nitrogen and oxygen atoms in total. The quantitative estimate of drug-likeness (QED) is 0.155. The van der Waals surface area contributed by atoms with Crippen LogP contribution in [0.3, 0.4) is 0 Å². The van der Waals surface area contributed by atoms with E-state index < -0.39 is 5.41 Å². The van der Waals surface area contributed by atoms with Crippen LogP contribution in [0.4, 0.5) is 34.1 Å². The molecule has 0 saturated heterocycles. The highest BCUT2D eigenvalue weighted by Crippen LogP contribution is 2.68. The first-order valence-electron chi connectivity index (χ1n) is 26.7. The van der Waals surface area contributed by atoms with E-state index in [9.17, 15) is 0 Å². The number of fused-ring (bicyclic) bond motifs is 22. The molecule has 0 unspecified atom stereocenters. The zero-order chi connectivity index (χ0) is 51.1. The van der Waals surface area contributed by atoms with Crippen molar-refractivity contribution in [1.29, 1.82) is 0 Å². The Hall–Kier alpha value is -9.94. The summed E-state index contributed by atoms with van der Waals surface area (Å²) < 4.78 is 2.53. The predicted molar refractivity (Wildman–Crippen MR) is 328 cm³/mol. The molecule has 78 heavy (non-hydrogen) atoms. The average molecular weight is 1010 g/mol. The molecule has 0 amide bonds. The van der Waals surface area contributed by atoms with Crippen molar-refractivity contribution in [2.24, 2.45) is 0 Å². The van der Waals surface area contributed by atoms with Crippen molar-refractivity contribution >= 4 is 120 Å². The first-order valence-corrected chi connectivity index (χ1v) is 27.5. The Morgan fingerprint density at radius 2 is 0.756 bits per heavy atom. The third kappa shape index (κ3) is 5.88. The minimum absolute atomic E-state index is 0.736. The summed E-state index contributed by atoms with van der Waals surface area (Å²) in [5.74, 6) is 0. The normalized spacial score (nSPS) is 13.0. The smallest absolute Gasteiger partial charge is 0.0801 e. The Kier molecular flexibility index (Phi) is 9.18. The summed E-state index contributed by atoms with van der Waals surface area (Å²) in [7, 11) is 0. The summed E-state index contributed by atoms with van der Waals surface area (Å²) in [5, 5.41) is 11.6. The molecule has 15 aromatic rings. The van der Waals surface area contributed by atoms with Crippen molar-refractivity contribution in [3.05, 3.63) is 289 Å². The molecular weight excluding hydrogens is 965 g/mol. The van der Waals surface area contributed by atoms with Crippen molar-refractivity contribution in [2.45, 2.75) is 5.41 Å². The molecule has 3 aromatic heterocycles. The van der Waals surface area contributed by atoms with Gasteiger partial charge in [0, 0.05) is 76.4 Å². The third-order valence-electron chi connectivity index (χ3n) is 16.8. The molecule has 2 aliphatic carbocycles. The van der Waals surface area contributed by atoms with E-state index in [4.69, 9.17) is 9.97 Å². The predicted octanol–water partition coefficient (Wildman–Crippen LogP) is 19.9. The fourth-order valence-corrected chi connectivity index (χ4v) is 15.1. The zero-order valence-corrected chi connectivity index (χ0v) is 42.9. The second-order valence-electron chi connectivity index (χ2n) is 20.7. The van der Waals surface area contributed by atoms with Gasteiger partial charge in [-0.2, -0.15) is 0 Å². The summed E-state index contributed by atoms with van der Waals surface area (Å²) in [6.45, 7) is 0. The van der Waals surface area contributed by atoms with Gasteiger partial charge < -0.3 is 9.80 Å². The lowest BCUT2D eigenvalue weighted by molar-refractivity contribution is 0.795. The number of hydrogen-bond acceptors (Lipinski definition) is 5. The van der Waals surface area contributed by atoms with E-state index in [1.165, 1.54) is 75.5 Å². The monoisotopic (exact) mass is 1010 g/mol. The summed E-state index contributed by atoms with van der Waals surface area (Å²) in [5.41, 5.74) is 18.0. The number of nitrogens with zero attached hydrogens (tertiary/aromatic N) is 4. The maximum Gasteiger partial charge on any atom is 0.0801 e. The van der Waals surface area contributed by atoms with Gasteiger partial charge >= 0.3 is 0 Å². The summed E-state index contributed by atoms with van der Waals surface area (Å²) in [6.07, 6.45) is 3.85. The minimum Gasteiger partial charge on any atom is -0.309 e. The third-order valence-corrected chi connectivity index (χ3v) is 18.0. The molecule has 12 aromatic carbocycles. The van der Waals surface area contributed by atoms with Crippen molar-refractivity contribution in [2.75, 3.05) is 9.80 Å². The maximum atomic E-state index is 5.13. The van der Waals surface area contributed by atoms with Gasteiger partial charge in [0.05, 0.1) is 39.2 Å². The first-order chi connectivity index (χ1) is 38.7. The van der Waals surface area contributed by atoms with Crippen LogP contribution in [0.25, 0.3) is 96.5 Å². The summed E-state index contributed by atoms with van der Waals surface area (Å²) >= 11 is 1.92. The van der Waals surface area contributed by atoms with Gasteiger partial charge in [-0.3, -0.25) is 9.97 Å². The fraction of sp³-hybridized carbons (Fsp3) is 0.0137. The molecule has 0 atom stereocenters. The van der Waals surface area contributed by atoms with Gasteiger partial charge in [-0.1, -0.05) is 176 Å². The number of aromatic nitrogens is 2. The molecule has 0 radical (unpaired) electrons. The van der Waals surface area contributed by atoms with Crippen LogP contribution in [0.1, 0.15) is 22.3 Å². The Morgan fingerprint density at radius 3 is 1.36 bits per heavy atom. The topological polar surface area (TPSA) is 32.3 Å². The Bertz CT molecular complexity index is 4960. The van der Waals surface area contributed by atoms with E-state index >= 15 is 0 Å². The Morgan fingerprint density at radius 1 is 0.321 bits per heavy atom. The molecule has 3 heterocycles. The van der Waals surface area contributed by atoms with E-state index in [0.29, 0.717) is 0 Å². The molecule has 0 saturated carbocycles. The van der Waals surface area contributed by atoms with Crippen molar-refractivity contribution < 1.29 is 0 Å². The molecule has 2 aliphatic rings. The molecule has 362 valence electrons. The molecule has 0 bridgehead atoms. The Balaban J connectivity index is 1.06. The van der Waals surface area contributed by atoms with Gasteiger partial charge in [0.25, 0.3) is 0 Å². The number of rotatable bonds is 6. The lowest BCUT2D eigenvalue weighted by Crippen LogP contribution is -2.26. The van der Waals surface area contributed by atoms with Crippen LogP contribution in [0.15, 0.2) is 267 Å². The fourth-order valence-electron chi connectivity index (χ4n) is 13.8. The largest absolute Gasteiger partial charge is 0.309 e. The molecule has 0 N–H and O–H groups in total. The van der Waals surface area contributed by atoms with Crippen LogP contribution in [0.5, 0.6) is 0 Å². The van der Waals surface area contributed by atoms with E-state index in [-0.39, 0.29) is 0 Å². The van der Waals surface area contributed by atoms with E-state index in [2.05, 4.69) is 265 Å². The highest BCUT2D eigenvalue weighted by atomic mass is 32.1. The number of pyridine rings is 2. The van der Waals surface area contributed by atoms with Gasteiger partial charge in [-0.25, -0.2) is 0 Å². The standard InChI is InChI=1S/C73H44N4S/c1-3-23-47(24-4-1)76(62-41-45-21-7-9-27-49(45)70-55(62)34-19-39-74-70)64-43-60-67(54-32-12-11-31-53(54)64)69-61(73(60)58-36-16-13-29-51(58)52-30-14-17-37-59(52)73)44-65(68-57-33-15-18-38-66(57)78-72(68)69)77(48-25-5-2-6-26-48)63-42-46-22-8-10-28-50(46)71-56(63)35-20-40-75-71/h1-44H. The zero-order valence-electron chi connectivity index (χ0n) is 42.1. The van der Waals surface area contributed by atoms with Crippen LogP contribution in [0.2, 0.25) is 0 Å². The lowest BCUT2D eigenvalue weighted by Gasteiger charge is -2.34. The van der Waals surface area contributed by atoms with Gasteiger partial charge in [0.15, 0.2) is 0 Å².